The van der Waals surface area contributed by atoms with E-state index in [4.69, 9.17) is 0 Å². The number of rotatable bonds is 1. The molecule has 1 saturated heterocycles. The van der Waals surface area contributed by atoms with Crippen molar-refractivity contribution in [1.82, 2.24) is 10.3 Å². The number of aromatic nitrogens is 1. The van der Waals surface area contributed by atoms with Gasteiger partial charge in [-0.1, -0.05) is 0 Å². The van der Waals surface area contributed by atoms with Gasteiger partial charge in [0, 0.05) is 23.4 Å². The standard InChI is InChI=1S/C15H11N3O4/c19-10-3-1-8-12-7(10)5-6-16-13(12)18(15(8)22)9-2-4-11(20)17-14(9)21/h1,3,5-6,9,19H,2,4H2,(H,17,20,21). The van der Waals surface area contributed by atoms with Crippen LogP contribution in [0.5, 0.6) is 5.75 Å². The molecule has 1 atom stereocenters. The summed E-state index contributed by atoms with van der Waals surface area (Å²) in [6, 6.07) is 3.83. The van der Waals surface area contributed by atoms with Crippen molar-refractivity contribution >= 4 is 34.3 Å². The van der Waals surface area contributed by atoms with E-state index in [2.05, 4.69) is 10.3 Å². The molecular formula is C15H11N3O4. The van der Waals surface area contributed by atoms with E-state index in [1.807, 2.05) is 0 Å². The van der Waals surface area contributed by atoms with Crippen LogP contribution in [0.3, 0.4) is 0 Å². The van der Waals surface area contributed by atoms with Gasteiger partial charge in [0.05, 0.1) is 5.56 Å². The number of carbonyl (C=O) groups is 3. The normalized spacial score (nSPS) is 20.6. The number of pyridine rings is 1. The second kappa shape index (κ2) is 4.27. The first-order valence-corrected chi connectivity index (χ1v) is 6.86. The number of aromatic hydroxyl groups is 1. The van der Waals surface area contributed by atoms with Gasteiger partial charge in [0.25, 0.3) is 5.91 Å². The van der Waals surface area contributed by atoms with Crippen molar-refractivity contribution in [1.29, 1.82) is 0 Å². The number of imide groups is 1. The van der Waals surface area contributed by atoms with Crippen LogP contribution in [0, 0.1) is 0 Å². The Hall–Kier alpha value is -2.96. The zero-order valence-electron chi connectivity index (χ0n) is 11.4. The van der Waals surface area contributed by atoms with Crippen LogP contribution in [0.15, 0.2) is 24.4 Å². The molecule has 2 aliphatic rings. The lowest BCUT2D eigenvalue weighted by atomic mass is 10.0. The molecule has 3 heterocycles. The van der Waals surface area contributed by atoms with Crippen molar-refractivity contribution in [3.8, 4) is 5.75 Å². The van der Waals surface area contributed by atoms with Crippen molar-refractivity contribution in [2.45, 2.75) is 18.9 Å². The van der Waals surface area contributed by atoms with Gasteiger partial charge in [-0.3, -0.25) is 24.6 Å². The molecule has 1 aromatic heterocycles. The van der Waals surface area contributed by atoms with Crippen molar-refractivity contribution < 1.29 is 19.5 Å². The highest BCUT2D eigenvalue weighted by Gasteiger charge is 2.41. The molecule has 22 heavy (non-hydrogen) atoms. The number of benzene rings is 1. The summed E-state index contributed by atoms with van der Waals surface area (Å²) in [5.41, 5.74) is 0.403. The van der Waals surface area contributed by atoms with Crippen molar-refractivity contribution in [3.63, 3.8) is 0 Å². The first kappa shape index (κ1) is 12.8. The lowest BCUT2D eigenvalue weighted by Crippen LogP contribution is -2.53. The molecule has 3 amide bonds. The van der Waals surface area contributed by atoms with Gasteiger partial charge in [0.15, 0.2) is 0 Å². The average molecular weight is 297 g/mol. The van der Waals surface area contributed by atoms with Crippen LogP contribution < -0.4 is 10.2 Å². The lowest BCUT2D eigenvalue weighted by molar-refractivity contribution is -0.134. The Balaban J connectivity index is 1.89. The van der Waals surface area contributed by atoms with Crippen molar-refractivity contribution in [2.75, 3.05) is 4.90 Å². The summed E-state index contributed by atoms with van der Waals surface area (Å²) >= 11 is 0. The van der Waals surface area contributed by atoms with Crippen LogP contribution in [0.25, 0.3) is 10.8 Å². The number of carbonyl (C=O) groups excluding carboxylic acids is 3. The first-order valence-electron chi connectivity index (χ1n) is 6.86. The molecule has 110 valence electrons. The maximum atomic E-state index is 12.7. The maximum absolute atomic E-state index is 12.7. The molecule has 0 aliphatic carbocycles. The SMILES string of the molecule is O=C1CCC(N2C(=O)c3ccc(O)c4ccnc2c34)C(=O)N1. The minimum atomic E-state index is -0.766. The fourth-order valence-corrected chi connectivity index (χ4v) is 3.07. The highest BCUT2D eigenvalue weighted by molar-refractivity contribution is 6.26. The quantitative estimate of drug-likeness (QED) is 0.755. The maximum Gasteiger partial charge on any atom is 0.260 e. The third kappa shape index (κ3) is 1.56. The van der Waals surface area contributed by atoms with Crippen LogP contribution in [-0.4, -0.2) is 33.9 Å². The largest absolute Gasteiger partial charge is 0.507 e. The zero-order chi connectivity index (χ0) is 15.4. The fourth-order valence-electron chi connectivity index (χ4n) is 3.07. The van der Waals surface area contributed by atoms with Gasteiger partial charge in [-0.2, -0.15) is 0 Å². The van der Waals surface area contributed by atoms with Crippen LogP contribution in [0.4, 0.5) is 5.82 Å². The molecule has 1 unspecified atom stereocenters. The predicted octanol–water partition coefficient (Wildman–Crippen LogP) is 0.706. The minimum Gasteiger partial charge on any atom is -0.507 e. The third-order valence-electron chi connectivity index (χ3n) is 4.08. The van der Waals surface area contributed by atoms with Crippen LogP contribution in [0.1, 0.15) is 23.2 Å². The fraction of sp³-hybridized carbons (Fsp3) is 0.200. The van der Waals surface area contributed by atoms with E-state index in [-0.39, 0.29) is 30.4 Å². The number of piperidine rings is 1. The molecule has 0 saturated carbocycles. The molecular weight excluding hydrogens is 286 g/mol. The Morgan fingerprint density at radius 1 is 1.23 bits per heavy atom. The molecule has 1 fully saturated rings. The number of hydrogen-bond donors (Lipinski definition) is 2. The number of anilines is 1. The van der Waals surface area contributed by atoms with Gasteiger partial charge in [-0.15, -0.1) is 0 Å². The molecule has 2 aliphatic heterocycles. The number of hydrogen-bond acceptors (Lipinski definition) is 5. The topological polar surface area (TPSA) is 99.6 Å². The summed E-state index contributed by atoms with van der Waals surface area (Å²) in [4.78, 5) is 41.5. The second-order valence-corrected chi connectivity index (χ2v) is 5.33. The van der Waals surface area contributed by atoms with E-state index in [1.54, 1.807) is 6.07 Å². The van der Waals surface area contributed by atoms with E-state index in [1.165, 1.54) is 23.2 Å². The number of amides is 3. The molecule has 1 aromatic carbocycles. The van der Waals surface area contributed by atoms with Gasteiger partial charge >= 0.3 is 0 Å². The Bertz CT molecular complexity index is 861. The molecule has 0 bridgehead atoms. The highest BCUT2D eigenvalue weighted by atomic mass is 16.3. The number of phenols is 1. The summed E-state index contributed by atoms with van der Waals surface area (Å²) < 4.78 is 0. The van der Waals surface area contributed by atoms with E-state index in [0.717, 1.165) is 0 Å². The van der Waals surface area contributed by atoms with Gasteiger partial charge in [0.2, 0.25) is 11.8 Å². The monoisotopic (exact) mass is 297 g/mol. The van der Waals surface area contributed by atoms with E-state index in [9.17, 15) is 19.5 Å². The zero-order valence-corrected chi connectivity index (χ0v) is 11.4. The Labute approximate surface area is 124 Å². The van der Waals surface area contributed by atoms with Gasteiger partial charge in [-0.05, 0) is 24.6 Å². The van der Waals surface area contributed by atoms with Gasteiger partial charge in [-0.25, -0.2) is 4.98 Å². The molecule has 2 aromatic rings. The smallest absolute Gasteiger partial charge is 0.260 e. The van der Waals surface area contributed by atoms with E-state index >= 15 is 0 Å². The number of nitrogens with one attached hydrogen (secondary N) is 1. The number of phenolic OH excluding ortho intramolecular Hbond substituents is 1. The second-order valence-electron chi connectivity index (χ2n) is 5.33. The first-order chi connectivity index (χ1) is 10.6. The number of nitrogens with zero attached hydrogens (tertiary/aromatic N) is 2. The molecule has 7 heteroatoms. The average Bonchev–Trinajstić information content (AvgIpc) is 2.77. The van der Waals surface area contributed by atoms with Crippen LogP contribution >= 0.6 is 0 Å². The Kier molecular flexibility index (Phi) is 2.47. The Morgan fingerprint density at radius 3 is 2.82 bits per heavy atom. The molecule has 0 radical (unpaired) electrons. The highest BCUT2D eigenvalue weighted by Crippen LogP contribution is 2.40. The summed E-state index contributed by atoms with van der Waals surface area (Å²) in [7, 11) is 0. The van der Waals surface area contributed by atoms with Crippen LogP contribution in [-0.2, 0) is 9.59 Å². The molecule has 7 nitrogen and oxygen atoms in total. The lowest BCUT2D eigenvalue weighted by Gasteiger charge is -2.29. The van der Waals surface area contributed by atoms with Crippen molar-refractivity contribution in [3.05, 3.63) is 30.0 Å². The van der Waals surface area contributed by atoms with Crippen molar-refractivity contribution in [2.24, 2.45) is 0 Å². The summed E-state index contributed by atoms with van der Waals surface area (Å²) in [6.45, 7) is 0. The van der Waals surface area contributed by atoms with Gasteiger partial charge < -0.3 is 5.11 Å². The van der Waals surface area contributed by atoms with Crippen LogP contribution in [0.2, 0.25) is 0 Å². The Morgan fingerprint density at radius 2 is 2.05 bits per heavy atom. The molecule has 0 spiro atoms. The van der Waals surface area contributed by atoms with E-state index < -0.39 is 11.9 Å². The summed E-state index contributed by atoms with van der Waals surface area (Å²) in [5.74, 6) is -0.772. The summed E-state index contributed by atoms with van der Waals surface area (Å²) in [6.07, 6.45) is 1.92. The third-order valence-corrected chi connectivity index (χ3v) is 4.08. The summed E-state index contributed by atoms with van der Waals surface area (Å²) in [5, 5.41) is 13.2. The van der Waals surface area contributed by atoms with Gasteiger partial charge in [0.1, 0.15) is 17.6 Å². The predicted molar refractivity (Wildman–Crippen MR) is 76.4 cm³/mol. The molecule has 2 N–H and O–H groups in total. The van der Waals surface area contributed by atoms with E-state index in [0.29, 0.717) is 22.2 Å². The minimum absolute atomic E-state index is 0.0559. The molecule has 4 rings (SSSR count).